The molecule has 1 saturated heterocycles. The number of aromatic nitrogens is 3. The van der Waals surface area contributed by atoms with Gasteiger partial charge >= 0.3 is 0 Å². The third-order valence-corrected chi connectivity index (χ3v) is 6.02. The van der Waals surface area contributed by atoms with Crippen LogP contribution in [0.4, 0.5) is 0 Å². The summed E-state index contributed by atoms with van der Waals surface area (Å²) in [5, 5.41) is 8.60. The fourth-order valence-electron chi connectivity index (χ4n) is 4.32. The van der Waals surface area contributed by atoms with E-state index in [4.69, 9.17) is 4.52 Å². The number of rotatable bonds is 4. The van der Waals surface area contributed by atoms with E-state index in [1.165, 1.54) is 0 Å². The molecule has 1 saturated carbocycles. The molecule has 5 rings (SSSR count). The van der Waals surface area contributed by atoms with E-state index < -0.39 is 0 Å². The topological polar surface area (TPSA) is 81.2 Å². The number of fused-ring (bicyclic) bond motifs is 1. The van der Waals surface area contributed by atoms with E-state index in [-0.39, 0.29) is 17.5 Å². The Morgan fingerprint density at radius 1 is 1.15 bits per heavy atom. The first-order valence-corrected chi connectivity index (χ1v) is 10.1. The fraction of sp³-hybridized carbons (Fsp3) is 0.600. The van der Waals surface area contributed by atoms with Crippen molar-refractivity contribution in [2.75, 3.05) is 6.54 Å². The van der Waals surface area contributed by atoms with Crippen molar-refractivity contribution in [2.45, 2.75) is 69.9 Å². The van der Waals surface area contributed by atoms with Crippen LogP contribution in [-0.2, 0) is 19.4 Å². The summed E-state index contributed by atoms with van der Waals surface area (Å²) in [6, 6.07) is 3.51. The number of likely N-dealkylation sites (tertiary alicyclic amines) is 1. The minimum Gasteiger partial charge on any atom is -0.360 e. The minimum absolute atomic E-state index is 0.0228. The zero-order valence-corrected chi connectivity index (χ0v) is 15.4. The van der Waals surface area contributed by atoms with Crippen molar-refractivity contribution in [3.05, 3.63) is 45.2 Å². The third-order valence-electron chi connectivity index (χ3n) is 6.02. The molecule has 7 nitrogen and oxygen atoms in total. The summed E-state index contributed by atoms with van der Waals surface area (Å²) in [6.45, 7) is 1.14. The molecular formula is C20H24N4O3. The molecule has 2 aromatic heterocycles. The number of hydrogen-bond acceptors (Lipinski definition) is 5. The lowest BCUT2D eigenvalue weighted by molar-refractivity contribution is 0.0709. The molecule has 2 fully saturated rings. The Labute approximate surface area is 157 Å². The predicted octanol–water partition coefficient (Wildman–Crippen LogP) is 2.29. The summed E-state index contributed by atoms with van der Waals surface area (Å²) in [7, 11) is 0. The average Bonchev–Trinajstić information content (AvgIpc) is 3.23. The highest BCUT2D eigenvalue weighted by molar-refractivity contribution is 5.92. The van der Waals surface area contributed by atoms with Gasteiger partial charge in [-0.2, -0.15) is 5.10 Å². The van der Waals surface area contributed by atoms with Crippen molar-refractivity contribution in [3.63, 3.8) is 0 Å². The van der Waals surface area contributed by atoms with Gasteiger partial charge in [-0.1, -0.05) is 5.16 Å². The summed E-state index contributed by atoms with van der Waals surface area (Å²) < 4.78 is 6.89. The summed E-state index contributed by atoms with van der Waals surface area (Å²) >= 11 is 0. The number of carbonyl (C=O) groups is 1. The maximum atomic E-state index is 12.9. The van der Waals surface area contributed by atoms with Gasteiger partial charge in [0, 0.05) is 24.6 Å². The van der Waals surface area contributed by atoms with Crippen LogP contribution in [-0.4, -0.2) is 38.3 Å². The molecule has 0 bridgehead atoms. The smallest absolute Gasteiger partial charge is 0.276 e. The Morgan fingerprint density at radius 2 is 2.00 bits per heavy atom. The van der Waals surface area contributed by atoms with E-state index in [1.54, 1.807) is 16.8 Å². The standard InChI is InChI=1S/C20H24N4O3/c25-19-10-14-4-1-2-6-16(14)21-24(19)12-15-5-3-9-23(15)20(26)17-11-18(27-22-17)13-7-8-13/h10-11,13,15H,1-9,12H2. The van der Waals surface area contributed by atoms with E-state index in [0.29, 0.717) is 24.7 Å². The molecule has 1 atom stereocenters. The number of nitrogens with zero attached hydrogens (tertiary/aromatic N) is 4. The SMILES string of the molecule is O=C(c1cc(C2CC2)on1)N1CCCC1Cn1nc2c(cc1=O)CCCC2. The van der Waals surface area contributed by atoms with Crippen LogP contribution in [0.1, 0.15) is 71.9 Å². The van der Waals surface area contributed by atoms with Gasteiger partial charge in [0.25, 0.3) is 11.5 Å². The van der Waals surface area contributed by atoms with Gasteiger partial charge in [-0.3, -0.25) is 9.59 Å². The molecular weight excluding hydrogens is 344 g/mol. The van der Waals surface area contributed by atoms with Crippen molar-refractivity contribution < 1.29 is 9.32 Å². The van der Waals surface area contributed by atoms with Gasteiger partial charge in [0.2, 0.25) is 0 Å². The van der Waals surface area contributed by atoms with E-state index >= 15 is 0 Å². The Bertz CT molecular complexity index is 928. The molecule has 1 unspecified atom stereocenters. The van der Waals surface area contributed by atoms with Gasteiger partial charge in [-0.05, 0) is 56.9 Å². The summed E-state index contributed by atoms with van der Waals surface area (Å²) in [5.41, 5.74) is 2.46. The molecule has 1 aliphatic heterocycles. The molecule has 0 N–H and O–H groups in total. The lowest BCUT2D eigenvalue weighted by Crippen LogP contribution is -2.41. The van der Waals surface area contributed by atoms with Gasteiger partial charge in [-0.15, -0.1) is 0 Å². The molecule has 3 aliphatic rings. The Morgan fingerprint density at radius 3 is 2.85 bits per heavy atom. The first-order valence-electron chi connectivity index (χ1n) is 10.1. The number of carbonyl (C=O) groups excluding carboxylic acids is 1. The fourth-order valence-corrected chi connectivity index (χ4v) is 4.32. The van der Waals surface area contributed by atoms with Crippen LogP contribution in [0, 0.1) is 0 Å². The second-order valence-corrected chi connectivity index (χ2v) is 8.03. The molecule has 2 aliphatic carbocycles. The van der Waals surface area contributed by atoms with E-state index in [0.717, 1.165) is 68.4 Å². The van der Waals surface area contributed by atoms with Crippen LogP contribution in [0.3, 0.4) is 0 Å². The molecule has 1 amide bonds. The van der Waals surface area contributed by atoms with Crippen LogP contribution >= 0.6 is 0 Å². The minimum atomic E-state index is -0.0980. The van der Waals surface area contributed by atoms with Gasteiger partial charge in [0.15, 0.2) is 5.69 Å². The van der Waals surface area contributed by atoms with Crippen LogP contribution in [0.5, 0.6) is 0 Å². The molecule has 27 heavy (non-hydrogen) atoms. The molecule has 0 radical (unpaired) electrons. The number of hydrogen-bond donors (Lipinski definition) is 0. The van der Waals surface area contributed by atoms with Crippen molar-refractivity contribution in [1.82, 2.24) is 19.8 Å². The molecule has 142 valence electrons. The zero-order chi connectivity index (χ0) is 18.4. The summed E-state index contributed by atoms with van der Waals surface area (Å²) in [4.78, 5) is 27.2. The highest BCUT2D eigenvalue weighted by atomic mass is 16.5. The lowest BCUT2D eigenvalue weighted by atomic mass is 9.97. The highest BCUT2D eigenvalue weighted by Gasteiger charge is 2.34. The van der Waals surface area contributed by atoms with E-state index in [2.05, 4.69) is 10.3 Å². The maximum Gasteiger partial charge on any atom is 0.276 e. The molecule has 7 heteroatoms. The van der Waals surface area contributed by atoms with Crippen molar-refractivity contribution >= 4 is 5.91 Å². The van der Waals surface area contributed by atoms with Crippen molar-refractivity contribution in [1.29, 1.82) is 0 Å². The molecule has 0 spiro atoms. The maximum absolute atomic E-state index is 12.9. The normalized spacial score (nSPS) is 22.1. The average molecular weight is 368 g/mol. The predicted molar refractivity (Wildman–Crippen MR) is 97.7 cm³/mol. The Kier molecular flexibility index (Phi) is 4.10. The number of amides is 1. The summed E-state index contributed by atoms with van der Waals surface area (Å²) in [6.07, 6.45) is 8.18. The molecule has 2 aromatic rings. The van der Waals surface area contributed by atoms with Crippen molar-refractivity contribution in [3.8, 4) is 0 Å². The second-order valence-electron chi connectivity index (χ2n) is 8.03. The van der Waals surface area contributed by atoms with Crippen LogP contribution in [0.25, 0.3) is 0 Å². The van der Waals surface area contributed by atoms with Gasteiger partial charge in [-0.25, -0.2) is 4.68 Å². The summed E-state index contributed by atoms with van der Waals surface area (Å²) in [5.74, 6) is 1.16. The first-order chi connectivity index (χ1) is 13.2. The molecule has 3 heterocycles. The van der Waals surface area contributed by atoms with Crippen LogP contribution in [0.15, 0.2) is 21.5 Å². The van der Waals surface area contributed by atoms with Crippen molar-refractivity contribution in [2.24, 2.45) is 0 Å². The third kappa shape index (κ3) is 3.19. The van der Waals surface area contributed by atoms with Crippen LogP contribution in [0.2, 0.25) is 0 Å². The van der Waals surface area contributed by atoms with Gasteiger partial charge in [0.05, 0.1) is 18.3 Å². The monoisotopic (exact) mass is 368 g/mol. The Balaban J connectivity index is 1.35. The second kappa shape index (κ2) is 6.62. The van der Waals surface area contributed by atoms with Gasteiger partial charge in [0.1, 0.15) is 5.76 Å². The van der Waals surface area contributed by atoms with Gasteiger partial charge < -0.3 is 9.42 Å². The first kappa shape index (κ1) is 16.7. The largest absolute Gasteiger partial charge is 0.360 e. The Hall–Kier alpha value is -2.44. The van der Waals surface area contributed by atoms with E-state index in [1.807, 2.05) is 4.90 Å². The quantitative estimate of drug-likeness (QED) is 0.827. The highest BCUT2D eigenvalue weighted by Crippen LogP contribution is 2.40. The zero-order valence-electron chi connectivity index (χ0n) is 15.4. The van der Waals surface area contributed by atoms with E-state index in [9.17, 15) is 9.59 Å². The van der Waals surface area contributed by atoms with Crippen LogP contribution < -0.4 is 5.56 Å². The number of aryl methyl sites for hydroxylation is 2. The lowest BCUT2D eigenvalue weighted by Gasteiger charge is -2.24. The molecule has 0 aromatic carbocycles.